The third-order valence-corrected chi connectivity index (χ3v) is 18.6. The number of fused-ring (bicyclic) bond motifs is 12. The Morgan fingerprint density at radius 2 is 0.449 bits per heavy atom. The molecule has 0 unspecified atom stereocenters. The van der Waals surface area contributed by atoms with Gasteiger partial charge in [-0.2, -0.15) is 40.9 Å². The number of ketones is 4. The minimum atomic E-state index is -0.185. The van der Waals surface area contributed by atoms with Crippen molar-refractivity contribution in [1.29, 1.82) is 0 Å². The molecule has 0 spiro atoms. The van der Waals surface area contributed by atoms with E-state index < -0.39 is 0 Å². The Kier molecular flexibility index (Phi) is 14.7. The molecule has 16 nitrogen and oxygen atoms in total. The van der Waals surface area contributed by atoms with Crippen LogP contribution in [-0.2, 0) is 25.7 Å². The highest BCUT2D eigenvalue weighted by Crippen LogP contribution is 2.46. The lowest BCUT2D eigenvalue weighted by molar-refractivity contribution is 0.103. The Morgan fingerprint density at radius 1 is 0.235 bits per heavy atom. The summed E-state index contributed by atoms with van der Waals surface area (Å²) in [5.41, 5.74) is 17.2. The second-order valence-electron chi connectivity index (χ2n) is 24.7. The van der Waals surface area contributed by atoms with Gasteiger partial charge in [0.25, 0.3) is 0 Å². The first-order valence-electron chi connectivity index (χ1n) is 31.9. The predicted octanol–water partition coefficient (Wildman–Crippen LogP) is 20.7. The van der Waals surface area contributed by atoms with Crippen LogP contribution in [0.5, 0.6) is 23.0 Å². The van der Waals surface area contributed by atoms with E-state index in [1.807, 2.05) is 104 Å². The van der Waals surface area contributed by atoms with Crippen LogP contribution in [0, 0.1) is 6.92 Å². The van der Waals surface area contributed by atoms with Crippen LogP contribution in [0.25, 0.3) is 44.5 Å². The minimum Gasteiger partial charge on any atom is -0.507 e. The van der Waals surface area contributed by atoms with E-state index in [2.05, 4.69) is 30.7 Å². The molecule has 4 N–H and O–H groups in total. The molecule has 0 atom stereocenters. The van der Waals surface area contributed by atoms with E-state index in [1.165, 1.54) is 0 Å². The van der Waals surface area contributed by atoms with Crippen molar-refractivity contribution in [3.05, 3.63) is 307 Å². The Labute approximate surface area is 560 Å². The number of hydrogen-bond donors (Lipinski definition) is 4. The van der Waals surface area contributed by atoms with Crippen molar-refractivity contribution in [2.75, 3.05) is 0 Å². The fraction of sp³-hybridized carbons (Fsp3) is 0.0732. The van der Waals surface area contributed by atoms with Crippen LogP contribution in [0.3, 0.4) is 0 Å². The van der Waals surface area contributed by atoms with Gasteiger partial charge in [-0.25, -0.2) is 0 Å². The molecule has 12 aromatic carbocycles. The summed E-state index contributed by atoms with van der Waals surface area (Å²) in [7, 11) is 0. The molecule has 0 saturated heterocycles. The summed E-state index contributed by atoms with van der Waals surface area (Å²) in [6.45, 7) is 3.63. The van der Waals surface area contributed by atoms with Crippen molar-refractivity contribution in [3.63, 3.8) is 0 Å². The maximum absolute atomic E-state index is 13.6. The summed E-state index contributed by atoms with van der Waals surface area (Å²) in [5, 5.41) is 86.0. The molecule has 0 aliphatic heterocycles. The highest BCUT2D eigenvalue weighted by molar-refractivity contribution is 6.24. The number of benzene rings is 12. The number of azo groups is 4. The average Bonchev–Trinajstić information content (AvgIpc) is 1.59. The topological polar surface area (TPSA) is 248 Å². The third kappa shape index (κ3) is 10.6. The van der Waals surface area contributed by atoms with Gasteiger partial charge in [0.2, 0.25) is 0 Å². The van der Waals surface area contributed by atoms with Gasteiger partial charge in [0, 0.05) is 97.2 Å². The van der Waals surface area contributed by atoms with E-state index in [4.69, 9.17) is 10.2 Å². The fourth-order valence-corrected chi connectivity index (χ4v) is 13.8. The highest BCUT2D eigenvalue weighted by Gasteiger charge is 2.31. The van der Waals surface area contributed by atoms with Gasteiger partial charge in [0.15, 0.2) is 23.1 Å². The van der Waals surface area contributed by atoms with Crippen molar-refractivity contribution in [2.45, 2.75) is 39.5 Å². The Balaban J connectivity index is 0.771. The molecule has 0 fully saturated rings. The first-order chi connectivity index (χ1) is 47.7. The lowest BCUT2D eigenvalue weighted by atomic mass is 9.92. The van der Waals surface area contributed by atoms with Crippen LogP contribution in [-0.4, -0.2) is 43.6 Å². The molecular weight excluding hydrogens is 1220 g/mol. The number of carbonyl (C=O) groups excluding carboxylic acids is 4. The Morgan fingerprint density at radius 3 is 0.724 bits per heavy atom. The van der Waals surface area contributed by atoms with Crippen LogP contribution in [0.15, 0.2) is 259 Å². The number of nitrogens with zero attached hydrogens (tertiary/aromatic N) is 8. The van der Waals surface area contributed by atoms with E-state index >= 15 is 0 Å². The van der Waals surface area contributed by atoms with Crippen LogP contribution in [0.1, 0.15) is 115 Å². The molecule has 0 saturated carbocycles. The van der Waals surface area contributed by atoms with Gasteiger partial charge in [0.1, 0.15) is 23.0 Å². The van der Waals surface area contributed by atoms with Gasteiger partial charge in [0.05, 0.1) is 45.5 Å². The summed E-state index contributed by atoms with van der Waals surface area (Å²) in [5.74, 6) is -0.875. The van der Waals surface area contributed by atoms with E-state index in [0.29, 0.717) is 130 Å². The highest BCUT2D eigenvalue weighted by atomic mass is 16.3. The summed E-state index contributed by atoms with van der Waals surface area (Å²) in [4.78, 5) is 54.1. The molecule has 98 heavy (non-hydrogen) atoms. The lowest BCUT2D eigenvalue weighted by Gasteiger charge is -2.16. The van der Waals surface area contributed by atoms with Crippen LogP contribution < -0.4 is 0 Å². The Bertz CT molecular complexity index is 5650. The SMILES string of the molecule is CCc1cc(N=Nc2ccc3c(c2)C(=O)c2ccccc2-3)cc(Cc2cc(N=Nc3ccc4c(c3)C(=O)c3ccccc3-4)cc(Cc3cc(N=Nc4ccc5c(c4)C(=O)c4ccccc4-5)cc(Cc4cc(N=Nc5ccc6c(c5)C(=O)c5ccccc5-6)cc(C)c4O)c3O)c2O)c1O. The second-order valence-corrected chi connectivity index (χ2v) is 24.7. The van der Waals surface area contributed by atoms with Crippen molar-refractivity contribution in [3.8, 4) is 67.5 Å². The summed E-state index contributed by atoms with van der Waals surface area (Å²) in [6, 6.07) is 64.5. The van der Waals surface area contributed by atoms with Crippen LogP contribution >= 0.6 is 0 Å². The zero-order valence-electron chi connectivity index (χ0n) is 52.6. The standard InChI is InChI=1S/C82H54N8O8/c1-3-44-32-56(88-84-52-21-25-64-60-13-5-9-17-68(60)80(96)72(64)40-52)34-46(76(44)92)30-48-36-58(90-86-54-23-27-66-62-15-7-11-19-70(62)82(98)74(66)42-54)38-50(78(48)94)31-49-37-57(89-85-53-22-26-65-61-14-6-10-18-69(61)81(97)73(65)41-53)35-47(77(49)93)29-45-33-55(28-43(2)75(45)91)87-83-51-20-24-63-59-12-4-8-16-67(59)79(95)71(63)39-51/h4-28,32-42,91-94H,3,29-31H2,1-2H3. The second kappa shape index (κ2) is 24.0. The van der Waals surface area contributed by atoms with Crippen LogP contribution in [0.2, 0.25) is 0 Å². The van der Waals surface area contributed by atoms with E-state index in [9.17, 15) is 39.6 Å². The van der Waals surface area contributed by atoms with Crippen molar-refractivity contribution < 1.29 is 39.6 Å². The van der Waals surface area contributed by atoms with Gasteiger partial charge in [-0.3, -0.25) is 19.2 Å². The first kappa shape index (κ1) is 59.9. The van der Waals surface area contributed by atoms with Crippen LogP contribution in [0.4, 0.5) is 45.5 Å². The smallest absolute Gasteiger partial charge is 0.194 e. The zero-order chi connectivity index (χ0) is 67.0. The summed E-state index contributed by atoms with van der Waals surface area (Å²) in [6.07, 6.45) is 0.180. The number of phenolic OH excluding ortho intramolecular Hbond substituents is 4. The zero-order valence-corrected chi connectivity index (χ0v) is 52.6. The fourth-order valence-electron chi connectivity index (χ4n) is 13.8. The lowest BCUT2D eigenvalue weighted by Crippen LogP contribution is -1.99. The predicted molar refractivity (Wildman–Crippen MR) is 373 cm³/mol. The van der Waals surface area contributed by atoms with E-state index in [-0.39, 0.29) is 76.8 Å². The van der Waals surface area contributed by atoms with Gasteiger partial charge in [-0.1, -0.05) is 128 Å². The van der Waals surface area contributed by atoms with Gasteiger partial charge < -0.3 is 20.4 Å². The van der Waals surface area contributed by atoms with Crippen molar-refractivity contribution >= 4 is 68.6 Å². The molecule has 4 aliphatic rings. The number of carbonyl (C=O) groups is 4. The first-order valence-corrected chi connectivity index (χ1v) is 31.9. The van der Waals surface area contributed by atoms with Crippen molar-refractivity contribution in [1.82, 2.24) is 0 Å². The molecule has 470 valence electrons. The molecule has 16 rings (SSSR count). The minimum absolute atomic E-state index is 0.0168. The number of phenols is 4. The molecule has 0 bridgehead atoms. The van der Waals surface area contributed by atoms with Gasteiger partial charge in [-0.15, -0.1) is 0 Å². The van der Waals surface area contributed by atoms with Gasteiger partial charge in [-0.05, 0) is 166 Å². The molecule has 0 radical (unpaired) electrons. The normalized spacial score (nSPS) is 13.0. The van der Waals surface area contributed by atoms with E-state index in [0.717, 1.165) is 44.5 Å². The molecule has 0 aromatic heterocycles. The molecular formula is C82H54N8O8. The average molecular weight is 1280 g/mol. The molecule has 0 amide bonds. The number of hydrogen-bond acceptors (Lipinski definition) is 16. The summed E-state index contributed by atoms with van der Waals surface area (Å²) < 4.78 is 0. The summed E-state index contributed by atoms with van der Waals surface area (Å²) >= 11 is 0. The maximum Gasteiger partial charge on any atom is 0.194 e. The van der Waals surface area contributed by atoms with Gasteiger partial charge >= 0.3 is 0 Å². The Hall–Kier alpha value is -13.1. The molecule has 4 aliphatic carbocycles. The number of aromatic hydroxyl groups is 4. The molecule has 0 heterocycles. The monoisotopic (exact) mass is 1280 g/mol. The van der Waals surface area contributed by atoms with Crippen molar-refractivity contribution in [2.24, 2.45) is 40.9 Å². The quantitative estimate of drug-likeness (QED) is 0.0717. The number of aryl methyl sites for hydroxylation is 2. The maximum atomic E-state index is 13.6. The largest absolute Gasteiger partial charge is 0.507 e. The number of rotatable bonds is 15. The molecule has 16 heteroatoms. The third-order valence-electron chi connectivity index (χ3n) is 18.6. The molecule has 12 aromatic rings. The van der Waals surface area contributed by atoms with E-state index in [1.54, 1.807) is 128 Å².